The van der Waals surface area contributed by atoms with Gasteiger partial charge in [0.2, 0.25) is 0 Å². The minimum atomic E-state index is -0.185. The van der Waals surface area contributed by atoms with E-state index in [1.54, 1.807) is 24.3 Å². The predicted octanol–water partition coefficient (Wildman–Crippen LogP) is 3.22. The van der Waals surface area contributed by atoms with Crippen molar-refractivity contribution >= 4 is 23.2 Å². The van der Waals surface area contributed by atoms with E-state index in [2.05, 4.69) is 27.7 Å². The molecule has 2 aromatic rings. The molecule has 0 atom stereocenters. The van der Waals surface area contributed by atoms with Crippen molar-refractivity contribution in [3.63, 3.8) is 0 Å². The third-order valence-corrected chi connectivity index (χ3v) is 5.10. The molecule has 2 N–H and O–H groups in total. The van der Waals surface area contributed by atoms with E-state index in [0.29, 0.717) is 17.7 Å². The average Bonchev–Trinajstić information content (AvgIpc) is 2.74. The van der Waals surface area contributed by atoms with Crippen molar-refractivity contribution < 1.29 is 9.59 Å². The fraction of sp³-hybridized carbons (Fsp3) is 0.391. The third-order valence-electron chi connectivity index (χ3n) is 5.10. The number of carbonyl (C=O) groups is 2. The number of nitrogens with one attached hydrogen (secondary N) is 2. The number of rotatable bonds is 7. The summed E-state index contributed by atoms with van der Waals surface area (Å²) in [6, 6.07) is 14.7. The maximum Gasteiger partial charge on any atom is 0.255 e. The van der Waals surface area contributed by atoms with E-state index in [1.807, 2.05) is 31.1 Å². The summed E-state index contributed by atoms with van der Waals surface area (Å²) in [6.07, 6.45) is 3.78. The lowest BCUT2D eigenvalue weighted by Gasteiger charge is -2.28. The minimum Gasteiger partial charge on any atom is -0.372 e. The largest absolute Gasteiger partial charge is 0.372 e. The molecule has 0 spiro atoms. The van der Waals surface area contributed by atoms with Crippen LogP contribution in [0.3, 0.4) is 0 Å². The molecule has 2 aromatic carbocycles. The van der Waals surface area contributed by atoms with Crippen molar-refractivity contribution in [2.45, 2.75) is 19.3 Å². The highest BCUT2D eigenvalue weighted by Gasteiger charge is 2.12. The molecule has 1 aliphatic rings. The Morgan fingerprint density at radius 1 is 0.862 bits per heavy atom. The molecule has 0 unspecified atom stereocenters. The first kappa shape index (κ1) is 20.9. The van der Waals surface area contributed by atoms with Gasteiger partial charge in [-0.1, -0.05) is 0 Å². The Balaban J connectivity index is 1.54. The summed E-state index contributed by atoms with van der Waals surface area (Å²) in [5.41, 5.74) is 3.04. The standard InChI is InChI=1S/C23H30N4O2/c1-26(2)17-14-24-22(28)18-6-8-19(9-7-18)23(29)25-20-10-12-21(13-11-20)27-15-4-3-5-16-27/h6-13H,3-5,14-17H2,1-2H3,(H,24,28)(H,25,29). The zero-order valence-corrected chi connectivity index (χ0v) is 17.3. The van der Waals surface area contributed by atoms with Gasteiger partial charge in [-0.15, -0.1) is 0 Å². The van der Waals surface area contributed by atoms with Gasteiger partial charge in [-0.25, -0.2) is 0 Å². The summed E-state index contributed by atoms with van der Waals surface area (Å²) in [6.45, 7) is 3.56. The van der Waals surface area contributed by atoms with E-state index < -0.39 is 0 Å². The molecule has 154 valence electrons. The molecule has 1 heterocycles. The van der Waals surface area contributed by atoms with Crippen LogP contribution < -0.4 is 15.5 Å². The molecule has 6 heteroatoms. The Labute approximate surface area is 172 Å². The predicted molar refractivity (Wildman–Crippen MR) is 118 cm³/mol. The Hall–Kier alpha value is -2.86. The van der Waals surface area contributed by atoms with E-state index in [0.717, 1.165) is 25.3 Å². The molecule has 0 radical (unpaired) electrons. The fourth-order valence-corrected chi connectivity index (χ4v) is 3.38. The first-order chi connectivity index (χ1) is 14.0. The second-order valence-corrected chi connectivity index (χ2v) is 7.69. The van der Waals surface area contributed by atoms with Gasteiger partial charge in [0.25, 0.3) is 11.8 Å². The first-order valence-corrected chi connectivity index (χ1v) is 10.2. The van der Waals surface area contributed by atoms with E-state index in [1.165, 1.54) is 24.9 Å². The van der Waals surface area contributed by atoms with Gasteiger partial charge in [0.05, 0.1) is 0 Å². The fourth-order valence-electron chi connectivity index (χ4n) is 3.38. The molecule has 29 heavy (non-hydrogen) atoms. The van der Waals surface area contributed by atoms with Gasteiger partial charge in [-0.3, -0.25) is 9.59 Å². The molecule has 3 rings (SSSR count). The molecule has 0 aliphatic carbocycles. The Morgan fingerprint density at radius 3 is 2.03 bits per heavy atom. The first-order valence-electron chi connectivity index (χ1n) is 10.2. The zero-order chi connectivity index (χ0) is 20.6. The van der Waals surface area contributed by atoms with E-state index >= 15 is 0 Å². The molecular weight excluding hydrogens is 364 g/mol. The highest BCUT2D eigenvalue weighted by Crippen LogP contribution is 2.22. The molecule has 1 saturated heterocycles. The van der Waals surface area contributed by atoms with Crippen molar-refractivity contribution in [2.75, 3.05) is 50.5 Å². The summed E-state index contributed by atoms with van der Waals surface area (Å²) in [4.78, 5) is 29.0. The van der Waals surface area contributed by atoms with Crippen LogP contribution in [0.1, 0.15) is 40.0 Å². The maximum atomic E-state index is 12.5. The highest BCUT2D eigenvalue weighted by atomic mass is 16.2. The van der Waals surface area contributed by atoms with Crippen molar-refractivity contribution in [3.05, 3.63) is 59.7 Å². The van der Waals surface area contributed by atoms with Crippen molar-refractivity contribution in [1.29, 1.82) is 0 Å². The van der Waals surface area contributed by atoms with Gasteiger partial charge >= 0.3 is 0 Å². The number of nitrogens with zero attached hydrogens (tertiary/aromatic N) is 2. The topological polar surface area (TPSA) is 64.7 Å². The lowest BCUT2D eigenvalue weighted by atomic mass is 10.1. The number of carbonyl (C=O) groups excluding carboxylic acids is 2. The molecule has 0 saturated carbocycles. The zero-order valence-electron chi connectivity index (χ0n) is 17.3. The second-order valence-electron chi connectivity index (χ2n) is 7.69. The summed E-state index contributed by atoms with van der Waals surface area (Å²) in [5, 5.41) is 5.79. The molecule has 1 aliphatic heterocycles. The SMILES string of the molecule is CN(C)CCNC(=O)c1ccc(C(=O)Nc2ccc(N3CCCCC3)cc2)cc1. The molecule has 0 bridgehead atoms. The Bertz CT molecular complexity index is 810. The van der Waals surface area contributed by atoms with Crippen LogP contribution in [-0.4, -0.2) is 57.0 Å². The van der Waals surface area contributed by atoms with Crippen LogP contribution in [0.25, 0.3) is 0 Å². The van der Waals surface area contributed by atoms with Gasteiger partial charge in [-0.2, -0.15) is 0 Å². The van der Waals surface area contributed by atoms with Gasteiger partial charge in [0, 0.05) is 48.7 Å². The molecule has 0 aromatic heterocycles. The quantitative estimate of drug-likeness (QED) is 0.757. The van der Waals surface area contributed by atoms with Crippen LogP contribution in [0.4, 0.5) is 11.4 Å². The lowest BCUT2D eigenvalue weighted by molar-refractivity contribution is 0.0949. The van der Waals surface area contributed by atoms with Crippen molar-refractivity contribution in [2.24, 2.45) is 0 Å². The number of benzene rings is 2. The van der Waals surface area contributed by atoms with Gasteiger partial charge in [-0.05, 0) is 81.9 Å². The van der Waals surface area contributed by atoms with Crippen molar-refractivity contribution in [3.8, 4) is 0 Å². The molecule has 1 fully saturated rings. The summed E-state index contributed by atoms with van der Waals surface area (Å²) < 4.78 is 0. The normalized spacial score (nSPS) is 14.0. The number of hydrogen-bond acceptors (Lipinski definition) is 4. The lowest BCUT2D eigenvalue weighted by Crippen LogP contribution is -2.31. The van der Waals surface area contributed by atoms with Gasteiger partial charge in [0.15, 0.2) is 0 Å². The Kier molecular flexibility index (Phi) is 7.25. The highest BCUT2D eigenvalue weighted by molar-refractivity contribution is 6.05. The second kappa shape index (κ2) is 10.1. The van der Waals surface area contributed by atoms with Crippen LogP contribution in [0, 0.1) is 0 Å². The summed E-state index contributed by atoms with van der Waals surface area (Å²) >= 11 is 0. The van der Waals surface area contributed by atoms with Crippen LogP contribution >= 0.6 is 0 Å². The van der Waals surface area contributed by atoms with Crippen LogP contribution in [0.2, 0.25) is 0 Å². The van der Waals surface area contributed by atoms with E-state index in [4.69, 9.17) is 0 Å². The number of amides is 2. The average molecular weight is 395 g/mol. The van der Waals surface area contributed by atoms with Gasteiger partial charge in [0.1, 0.15) is 0 Å². The number of anilines is 2. The van der Waals surface area contributed by atoms with E-state index in [-0.39, 0.29) is 11.8 Å². The molecule has 2 amide bonds. The number of likely N-dealkylation sites (N-methyl/N-ethyl adjacent to an activating group) is 1. The summed E-state index contributed by atoms with van der Waals surface area (Å²) in [5.74, 6) is -0.317. The monoisotopic (exact) mass is 394 g/mol. The molecular formula is C23H30N4O2. The smallest absolute Gasteiger partial charge is 0.255 e. The maximum absolute atomic E-state index is 12.5. The van der Waals surface area contributed by atoms with Crippen LogP contribution in [-0.2, 0) is 0 Å². The van der Waals surface area contributed by atoms with Gasteiger partial charge < -0.3 is 20.4 Å². The van der Waals surface area contributed by atoms with E-state index in [9.17, 15) is 9.59 Å². The number of hydrogen-bond donors (Lipinski definition) is 2. The number of piperidine rings is 1. The van der Waals surface area contributed by atoms with Crippen LogP contribution in [0.5, 0.6) is 0 Å². The Morgan fingerprint density at radius 2 is 1.45 bits per heavy atom. The minimum absolute atomic E-state index is 0.132. The molecule has 6 nitrogen and oxygen atoms in total. The van der Waals surface area contributed by atoms with Crippen LogP contribution in [0.15, 0.2) is 48.5 Å². The summed E-state index contributed by atoms with van der Waals surface area (Å²) in [7, 11) is 3.92. The third kappa shape index (κ3) is 6.06. The van der Waals surface area contributed by atoms with Crippen molar-refractivity contribution in [1.82, 2.24) is 10.2 Å².